The second-order valence-electron chi connectivity index (χ2n) is 10.2. The second-order valence-corrected chi connectivity index (χ2v) is 10.2. The number of para-hydroxylation sites is 2. The number of piperidine rings is 2. The predicted molar refractivity (Wildman–Crippen MR) is 127 cm³/mol. The number of aromatic amines is 1. The molecule has 1 aromatic heterocycles. The van der Waals surface area contributed by atoms with Gasteiger partial charge in [0.1, 0.15) is 5.60 Å². The zero-order chi connectivity index (χ0) is 22.9. The first kappa shape index (κ1) is 22.6. The van der Waals surface area contributed by atoms with Crippen molar-refractivity contribution in [3.05, 3.63) is 46.9 Å². The molecule has 0 aliphatic carbocycles. The highest BCUT2D eigenvalue weighted by Gasteiger charge is 2.30. The van der Waals surface area contributed by atoms with Crippen molar-refractivity contribution in [2.24, 2.45) is 5.92 Å². The topological polar surface area (TPSA) is 70.6 Å². The number of carbonyl (C=O) groups excluding carboxylic acids is 1. The molecule has 1 atom stereocenters. The van der Waals surface area contributed by atoms with Gasteiger partial charge < -0.3 is 19.5 Å². The van der Waals surface area contributed by atoms with Crippen LogP contribution in [0.1, 0.15) is 52.5 Å². The van der Waals surface area contributed by atoms with Crippen molar-refractivity contribution in [2.45, 2.75) is 58.1 Å². The minimum absolute atomic E-state index is 0.00213. The summed E-state index contributed by atoms with van der Waals surface area (Å²) in [4.78, 5) is 32.1. The van der Waals surface area contributed by atoms with E-state index in [0.717, 1.165) is 68.5 Å². The molecule has 2 saturated heterocycles. The van der Waals surface area contributed by atoms with Gasteiger partial charge >= 0.3 is 11.8 Å². The molecular formula is C25H36N4O3. The third-order valence-corrected chi connectivity index (χ3v) is 6.71. The highest BCUT2D eigenvalue weighted by atomic mass is 16.6. The molecule has 174 valence electrons. The number of fused-ring (bicyclic) bond motifs is 1. The molecule has 0 saturated carbocycles. The zero-order valence-corrected chi connectivity index (χ0v) is 19.6. The second kappa shape index (κ2) is 9.14. The molecule has 7 heteroatoms. The van der Waals surface area contributed by atoms with Crippen LogP contribution in [0, 0.1) is 5.92 Å². The largest absolute Gasteiger partial charge is 0.444 e. The quantitative estimate of drug-likeness (QED) is 0.725. The SMILES string of the molecule is C=C1CN(C(=O)OC(C)(C)C)CCC1CCN1CCC(n2c(=O)[nH]c3ccccc32)CC1. The van der Waals surface area contributed by atoms with Crippen LogP contribution in [0.3, 0.4) is 0 Å². The molecule has 3 heterocycles. The number of hydrogen-bond acceptors (Lipinski definition) is 4. The molecule has 1 amide bonds. The van der Waals surface area contributed by atoms with Gasteiger partial charge in [0.2, 0.25) is 0 Å². The summed E-state index contributed by atoms with van der Waals surface area (Å²) in [5.74, 6) is 0.447. The van der Waals surface area contributed by atoms with Crippen molar-refractivity contribution in [2.75, 3.05) is 32.7 Å². The van der Waals surface area contributed by atoms with Crippen LogP contribution in [-0.4, -0.2) is 63.8 Å². The molecule has 1 aromatic carbocycles. The van der Waals surface area contributed by atoms with Crippen LogP contribution in [0.2, 0.25) is 0 Å². The normalized spacial score (nSPS) is 21.3. The predicted octanol–water partition coefficient (Wildman–Crippen LogP) is 4.17. The fraction of sp³-hybridized carbons (Fsp3) is 0.600. The third-order valence-electron chi connectivity index (χ3n) is 6.71. The van der Waals surface area contributed by atoms with Crippen LogP contribution in [0.15, 0.2) is 41.2 Å². The lowest BCUT2D eigenvalue weighted by Gasteiger charge is -2.37. The standard InChI is InChI=1S/C25H36N4O3/c1-18-17-28(24(31)32-25(2,3)4)16-10-19(18)9-13-27-14-11-20(12-15-27)29-22-8-6-5-7-21(22)26-23(29)30/h5-8,19-20H,1,9-17H2,2-4H3,(H,26,30). The van der Waals surface area contributed by atoms with Crippen LogP contribution in [0.25, 0.3) is 11.0 Å². The summed E-state index contributed by atoms with van der Waals surface area (Å²) in [6.45, 7) is 14.3. The van der Waals surface area contributed by atoms with Gasteiger partial charge in [-0.1, -0.05) is 24.3 Å². The molecule has 0 bridgehead atoms. The Bertz CT molecular complexity index is 1020. The van der Waals surface area contributed by atoms with Crippen molar-refractivity contribution in [3.63, 3.8) is 0 Å². The average Bonchev–Trinajstić information content (AvgIpc) is 3.07. The van der Waals surface area contributed by atoms with Crippen LogP contribution < -0.4 is 5.69 Å². The number of nitrogens with zero attached hydrogens (tertiary/aromatic N) is 3. The van der Waals surface area contributed by atoms with Crippen LogP contribution in [-0.2, 0) is 4.74 Å². The first-order chi connectivity index (χ1) is 15.2. The van der Waals surface area contributed by atoms with Crippen LogP contribution in [0.4, 0.5) is 4.79 Å². The number of amides is 1. The number of carbonyl (C=O) groups is 1. The number of H-pyrrole nitrogens is 1. The molecule has 1 unspecified atom stereocenters. The van der Waals surface area contributed by atoms with Gasteiger partial charge in [-0.15, -0.1) is 0 Å². The number of nitrogens with one attached hydrogen (secondary N) is 1. The first-order valence-electron chi connectivity index (χ1n) is 11.8. The fourth-order valence-corrected chi connectivity index (χ4v) is 4.98. The number of likely N-dealkylation sites (tertiary alicyclic amines) is 2. The number of rotatable bonds is 4. The molecule has 0 radical (unpaired) electrons. The van der Waals surface area contributed by atoms with E-state index in [9.17, 15) is 9.59 Å². The lowest BCUT2D eigenvalue weighted by Crippen LogP contribution is -2.43. The maximum atomic E-state index is 12.5. The third kappa shape index (κ3) is 5.09. The van der Waals surface area contributed by atoms with E-state index in [1.165, 1.54) is 0 Å². The molecular weight excluding hydrogens is 404 g/mol. The van der Waals surface area contributed by atoms with Crippen LogP contribution >= 0.6 is 0 Å². The zero-order valence-electron chi connectivity index (χ0n) is 19.6. The molecule has 7 nitrogen and oxygen atoms in total. The molecule has 2 aliphatic heterocycles. The molecule has 0 spiro atoms. The summed E-state index contributed by atoms with van der Waals surface area (Å²) in [6, 6.07) is 8.18. The Morgan fingerprint density at radius 1 is 1.16 bits per heavy atom. The Balaban J connectivity index is 1.25. The summed E-state index contributed by atoms with van der Waals surface area (Å²) < 4.78 is 7.45. The van der Waals surface area contributed by atoms with Gasteiger partial charge in [0, 0.05) is 32.2 Å². The van der Waals surface area contributed by atoms with Crippen molar-refractivity contribution in [3.8, 4) is 0 Å². The van der Waals surface area contributed by atoms with Crippen molar-refractivity contribution >= 4 is 17.1 Å². The lowest BCUT2D eigenvalue weighted by atomic mass is 9.89. The maximum Gasteiger partial charge on any atom is 0.410 e. The van der Waals surface area contributed by atoms with Gasteiger partial charge in [0.05, 0.1) is 11.0 Å². The Morgan fingerprint density at radius 3 is 2.56 bits per heavy atom. The molecule has 2 aliphatic rings. The van der Waals surface area contributed by atoms with Crippen molar-refractivity contribution in [1.82, 2.24) is 19.4 Å². The minimum Gasteiger partial charge on any atom is -0.444 e. The minimum atomic E-state index is -0.473. The Hall–Kier alpha value is -2.54. The van der Waals surface area contributed by atoms with E-state index in [1.807, 2.05) is 49.6 Å². The summed E-state index contributed by atoms with van der Waals surface area (Å²) in [6.07, 6.45) is 3.74. The lowest BCUT2D eigenvalue weighted by molar-refractivity contribution is 0.0226. The number of ether oxygens (including phenoxy) is 1. The summed E-state index contributed by atoms with van der Waals surface area (Å²) in [7, 11) is 0. The number of aromatic nitrogens is 2. The van der Waals surface area contributed by atoms with Gasteiger partial charge in [-0.25, -0.2) is 9.59 Å². The van der Waals surface area contributed by atoms with Crippen LogP contribution in [0.5, 0.6) is 0 Å². The summed E-state index contributed by atoms with van der Waals surface area (Å²) in [5, 5.41) is 0. The molecule has 1 N–H and O–H groups in total. The number of hydrogen-bond donors (Lipinski definition) is 1. The smallest absolute Gasteiger partial charge is 0.410 e. The molecule has 4 rings (SSSR count). The Labute approximate surface area is 190 Å². The average molecular weight is 441 g/mol. The van der Waals surface area contributed by atoms with Gasteiger partial charge in [0.25, 0.3) is 0 Å². The molecule has 2 fully saturated rings. The number of benzene rings is 1. The van der Waals surface area contributed by atoms with Crippen molar-refractivity contribution < 1.29 is 9.53 Å². The highest BCUT2D eigenvalue weighted by Crippen LogP contribution is 2.28. The van der Waals surface area contributed by atoms with Crippen molar-refractivity contribution in [1.29, 1.82) is 0 Å². The van der Waals surface area contributed by atoms with E-state index in [1.54, 1.807) is 4.90 Å². The van der Waals surface area contributed by atoms with Gasteiger partial charge in [-0.3, -0.25) is 4.57 Å². The first-order valence-corrected chi connectivity index (χ1v) is 11.8. The van der Waals surface area contributed by atoms with E-state index in [4.69, 9.17) is 4.74 Å². The maximum absolute atomic E-state index is 12.5. The molecule has 2 aromatic rings. The van der Waals surface area contributed by atoms with E-state index >= 15 is 0 Å². The Morgan fingerprint density at radius 2 is 1.88 bits per heavy atom. The van der Waals surface area contributed by atoms with Gasteiger partial charge in [-0.05, 0) is 71.0 Å². The Kier molecular flexibility index (Phi) is 6.47. The fourth-order valence-electron chi connectivity index (χ4n) is 4.98. The monoisotopic (exact) mass is 440 g/mol. The highest BCUT2D eigenvalue weighted by molar-refractivity contribution is 5.75. The van der Waals surface area contributed by atoms with E-state index < -0.39 is 5.60 Å². The summed E-state index contributed by atoms with van der Waals surface area (Å²) in [5.41, 5.74) is 2.57. The van der Waals surface area contributed by atoms with E-state index in [-0.39, 0.29) is 17.8 Å². The number of imidazole rings is 1. The summed E-state index contributed by atoms with van der Waals surface area (Å²) >= 11 is 0. The van der Waals surface area contributed by atoms with E-state index in [2.05, 4.69) is 16.5 Å². The van der Waals surface area contributed by atoms with Gasteiger partial charge in [0.15, 0.2) is 0 Å². The van der Waals surface area contributed by atoms with Gasteiger partial charge in [-0.2, -0.15) is 0 Å². The van der Waals surface area contributed by atoms with E-state index in [0.29, 0.717) is 12.5 Å². The molecule has 32 heavy (non-hydrogen) atoms.